The zero-order valence-electron chi connectivity index (χ0n) is 19.9. The van der Waals surface area contributed by atoms with Gasteiger partial charge in [-0.25, -0.2) is 0 Å². The standard InChI is InChI=1S/C26H35ClN2O3/c1-7-22(25(31)28-26(4,5)6)29(16-19-12-8-10-14-21(19)27)24(30)17-32-23-15-11-9-13-20(23)18(2)3/h8-15,18,22H,7,16-17H2,1-6H3,(H,28,31). The monoisotopic (exact) mass is 458 g/mol. The molecule has 0 saturated heterocycles. The van der Waals surface area contributed by atoms with Gasteiger partial charge in [-0.3, -0.25) is 9.59 Å². The zero-order valence-corrected chi connectivity index (χ0v) is 20.7. The Labute approximate surface area is 197 Å². The van der Waals surface area contributed by atoms with Gasteiger partial charge in [0.05, 0.1) is 0 Å². The van der Waals surface area contributed by atoms with Crippen molar-refractivity contribution in [1.29, 1.82) is 0 Å². The van der Waals surface area contributed by atoms with Crippen LogP contribution in [0, 0.1) is 0 Å². The maximum absolute atomic E-state index is 13.4. The molecule has 2 amide bonds. The summed E-state index contributed by atoms with van der Waals surface area (Å²) >= 11 is 6.37. The summed E-state index contributed by atoms with van der Waals surface area (Å²) < 4.78 is 5.93. The van der Waals surface area contributed by atoms with Crippen molar-refractivity contribution in [3.05, 3.63) is 64.7 Å². The lowest BCUT2D eigenvalue weighted by Crippen LogP contribution is -2.54. The number of halogens is 1. The van der Waals surface area contributed by atoms with Crippen LogP contribution in [0.1, 0.15) is 65.0 Å². The van der Waals surface area contributed by atoms with Gasteiger partial charge >= 0.3 is 0 Å². The Morgan fingerprint density at radius 2 is 1.69 bits per heavy atom. The number of hydrogen-bond donors (Lipinski definition) is 1. The molecule has 5 nitrogen and oxygen atoms in total. The fraction of sp³-hybridized carbons (Fsp3) is 0.462. The minimum Gasteiger partial charge on any atom is -0.483 e. The average molecular weight is 459 g/mol. The quantitative estimate of drug-likeness (QED) is 0.534. The fourth-order valence-electron chi connectivity index (χ4n) is 3.49. The van der Waals surface area contributed by atoms with Gasteiger partial charge < -0.3 is 15.0 Å². The molecule has 32 heavy (non-hydrogen) atoms. The topological polar surface area (TPSA) is 58.6 Å². The van der Waals surface area contributed by atoms with Crippen LogP contribution in [0.25, 0.3) is 0 Å². The zero-order chi connectivity index (χ0) is 23.9. The number of carbonyl (C=O) groups excluding carboxylic acids is 2. The van der Waals surface area contributed by atoms with Gasteiger partial charge in [-0.05, 0) is 56.4 Å². The molecule has 6 heteroatoms. The van der Waals surface area contributed by atoms with Crippen molar-refractivity contribution < 1.29 is 14.3 Å². The van der Waals surface area contributed by atoms with E-state index in [1.807, 2.05) is 70.2 Å². The maximum atomic E-state index is 13.4. The largest absolute Gasteiger partial charge is 0.483 e. The van der Waals surface area contributed by atoms with Crippen LogP contribution in [0.15, 0.2) is 48.5 Å². The van der Waals surface area contributed by atoms with Gasteiger partial charge in [-0.1, -0.05) is 68.8 Å². The first kappa shape index (κ1) is 25.7. The van der Waals surface area contributed by atoms with Gasteiger partial charge in [0.15, 0.2) is 6.61 Å². The number of amides is 2. The summed E-state index contributed by atoms with van der Waals surface area (Å²) in [5.74, 6) is 0.490. The minimum absolute atomic E-state index is 0.159. The molecule has 0 aromatic heterocycles. The van der Waals surface area contributed by atoms with E-state index in [0.717, 1.165) is 11.1 Å². The van der Waals surface area contributed by atoms with Crippen LogP contribution >= 0.6 is 11.6 Å². The molecule has 0 aliphatic rings. The van der Waals surface area contributed by atoms with Crippen LogP contribution in [0.4, 0.5) is 0 Å². The maximum Gasteiger partial charge on any atom is 0.261 e. The molecule has 2 aromatic rings. The Balaban J connectivity index is 2.29. The van der Waals surface area contributed by atoms with Crippen molar-refractivity contribution in [2.75, 3.05) is 6.61 Å². The molecule has 0 saturated carbocycles. The van der Waals surface area contributed by atoms with E-state index < -0.39 is 11.6 Å². The number of rotatable bonds is 9. The molecule has 1 atom stereocenters. The average Bonchev–Trinajstić information content (AvgIpc) is 2.72. The van der Waals surface area contributed by atoms with E-state index >= 15 is 0 Å². The van der Waals surface area contributed by atoms with Crippen molar-refractivity contribution in [3.63, 3.8) is 0 Å². The van der Waals surface area contributed by atoms with Gasteiger partial charge in [0.25, 0.3) is 5.91 Å². The summed E-state index contributed by atoms with van der Waals surface area (Å²) in [4.78, 5) is 28.0. The summed E-state index contributed by atoms with van der Waals surface area (Å²) in [5.41, 5.74) is 1.42. The van der Waals surface area contributed by atoms with Crippen molar-refractivity contribution >= 4 is 23.4 Å². The molecule has 0 aliphatic heterocycles. The van der Waals surface area contributed by atoms with Gasteiger partial charge in [-0.15, -0.1) is 0 Å². The van der Waals surface area contributed by atoms with Crippen molar-refractivity contribution in [3.8, 4) is 5.75 Å². The predicted octanol–water partition coefficient (Wildman–Crippen LogP) is 5.56. The van der Waals surface area contributed by atoms with E-state index in [-0.39, 0.29) is 30.9 Å². The number of para-hydroxylation sites is 1. The highest BCUT2D eigenvalue weighted by Crippen LogP contribution is 2.26. The van der Waals surface area contributed by atoms with Crippen LogP contribution in [-0.4, -0.2) is 34.9 Å². The Hall–Kier alpha value is -2.53. The van der Waals surface area contributed by atoms with Crippen LogP contribution in [-0.2, 0) is 16.1 Å². The van der Waals surface area contributed by atoms with Crippen LogP contribution in [0.2, 0.25) is 5.02 Å². The first-order chi connectivity index (χ1) is 15.0. The minimum atomic E-state index is -0.637. The molecule has 174 valence electrons. The van der Waals surface area contributed by atoms with E-state index in [9.17, 15) is 9.59 Å². The van der Waals surface area contributed by atoms with Crippen molar-refractivity contribution in [2.45, 2.75) is 72.0 Å². The molecule has 0 fully saturated rings. The fourth-order valence-corrected chi connectivity index (χ4v) is 3.69. The van der Waals surface area contributed by atoms with Gasteiger partial charge in [0.1, 0.15) is 11.8 Å². The summed E-state index contributed by atoms with van der Waals surface area (Å²) in [7, 11) is 0. The third kappa shape index (κ3) is 7.27. The predicted molar refractivity (Wildman–Crippen MR) is 130 cm³/mol. The van der Waals surface area contributed by atoms with Crippen LogP contribution in [0.5, 0.6) is 5.75 Å². The summed E-state index contributed by atoms with van der Waals surface area (Å²) in [6.07, 6.45) is 0.473. The second kappa shape index (κ2) is 11.4. The molecule has 0 aliphatic carbocycles. The lowest BCUT2D eigenvalue weighted by Gasteiger charge is -2.33. The Morgan fingerprint density at radius 3 is 2.28 bits per heavy atom. The Morgan fingerprint density at radius 1 is 1.06 bits per heavy atom. The van der Waals surface area contributed by atoms with Gasteiger partial charge in [0, 0.05) is 17.1 Å². The summed E-state index contributed by atoms with van der Waals surface area (Å²) in [5, 5.41) is 3.55. The van der Waals surface area contributed by atoms with E-state index in [1.165, 1.54) is 0 Å². The number of carbonyl (C=O) groups is 2. The molecular weight excluding hydrogens is 424 g/mol. The number of benzene rings is 2. The van der Waals surface area contributed by atoms with Crippen molar-refractivity contribution in [2.24, 2.45) is 0 Å². The van der Waals surface area contributed by atoms with Gasteiger partial charge in [0.2, 0.25) is 5.91 Å². The van der Waals surface area contributed by atoms with Gasteiger partial charge in [-0.2, -0.15) is 0 Å². The number of ether oxygens (including phenoxy) is 1. The highest BCUT2D eigenvalue weighted by atomic mass is 35.5. The second-order valence-electron chi connectivity index (χ2n) is 9.26. The Bertz CT molecular complexity index is 921. The molecule has 2 aromatic carbocycles. The first-order valence-corrected chi connectivity index (χ1v) is 11.5. The second-order valence-corrected chi connectivity index (χ2v) is 9.66. The molecule has 0 radical (unpaired) electrons. The van der Waals surface area contributed by atoms with E-state index in [2.05, 4.69) is 19.2 Å². The van der Waals surface area contributed by atoms with E-state index in [4.69, 9.17) is 16.3 Å². The highest BCUT2D eigenvalue weighted by molar-refractivity contribution is 6.31. The first-order valence-electron chi connectivity index (χ1n) is 11.1. The molecule has 0 spiro atoms. The summed E-state index contributed by atoms with van der Waals surface area (Å²) in [6.45, 7) is 11.9. The molecule has 1 unspecified atom stereocenters. The SMILES string of the molecule is CCC(C(=O)NC(C)(C)C)N(Cc1ccccc1Cl)C(=O)COc1ccccc1C(C)C. The van der Waals surface area contributed by atoms with Crippen LogP contribution < -0.4 is 10.1 Å². The van der Waals surface area contributed by atoms with E-state index in [1.54, 1.807) is 11.0 Å². The molecule has 1 N–H and O–H groups in total. The smallest absolute Gasteiger partial charge is 0.261 e. The Kier molecular flexibility index (Phi) is 9.14. The molecule has 2 rings (SSSR count). The third-order valence-corrected chi connectivity index (χ3v) is 5.44. The van der Waals surface area contributed by atoms with E-state index in [0.29, 0.717) is 17.2 Å². The lowest BCUT2D eigenvalue weighted by molar-refractivity contribution is -0.143. The lowest BCUT2D eigenvalue weighted by atomic mass is 10.0. The summed E-state index contributed by atoms with van der Waals surface area (Å²) in [6, 6.07) is 14.4. The molecular formula is C26H35ClN2O3. The third-order valence-electron chi connectivity index (χ3n) is 5.07. The highest BCUT2D eigenvalue weighted by Gasteiger charge is 2.31. The van der Waals surface area contributed by atoms with Crippen LogP contribution in [0.3, 0.4) is 0 Å². The molecule has 0 bridgehead atoms. The number of nitrogens with one attached hydrogen (secondary N) is 1. The van der Waals surface area contributed by atoms with Crippen molar-refractivity contribution in [1.82, 2.24) is 10.2 Å². The number of nitrogens with zero attached hydrogens (tertiary/aromatic N) is 1. The number of hydrogen-bond acceptors (Lipinski definition) is 3. The molecule has 0 heterocycles. The normalized spacial score (nSPS) is 12.4.